The Labute approximate surface area is 106 Å². The number of aromatic nitrogens is 1. The Bertz CT molecular complexity index is 599. The number of pyridine rings is 1. The van der Waals surface area contributed by atoms with E-state index < -0.39 is 11.7 Å². The number of phenolic OH excluding ortho intramolecular Hbond substituents is 1. The molecule has 4 nitrogen and oxygen atoms in total. The molecule has 0 unspecified atom stereocenters. The van der Waals surface area contributed by atoms with Crippen LogP contribution < -0.4 is 11.1 Å². The second kappa shape index (κ2) is 4.68. The van der Waals surface area contributed by atoms with E-state index in [0.717, 1.165) is 6.07 Å². The predicted octanol–water partition coefficient (Wildman–Crippen LogP) is 3.13. The lowest BCUT2D eigenvalue weighted by Crippen LogP contribution is -2.08. The van der Waals surface area contributed by atoms with Crippen molar-refractivity contribution in [2.24, 2.45) is 0 Å². The molecule has 0 aliphatic heterocycles. The van der Waals surface area contributed by atoms with Crippen LogP contribution >= 0.6 is 0 Å². The number of phenols is 1. The summed E-state index contributed by atoms with van der Waals surface area (Å²) in [5.41, 5.74) is 5.05. The number of halogens is 3. The quantitative estimate of drug-likeness (QED) is 0.783. The van der Waals surface area contributed by atoms with Gasteiger partial charge in [0.05, 0.1) is 11.3 Å². The molecule has 0 amide bonds. The van der Waals surface area contributed by atoms with Crippen LogP contribution in [0.1, 0.15) is 5.56 Å². The Hall–Kier alpha value is -2.44. The van der Waals surface area contributed by atoms with Crippen molar-refractivity contribution in [2.45, 2.75) is 6.18 Å². The molecule has 0 fully saturated rings. The van der Waals surface area contributed by atoms with Crippen molar-refractivity contribution in [3.8, 4) is 5.75 Å². The van der Waals surface area contributed by atoms with Crippen LogP contribution in [0.5, 0.6) is 5.75 Å². The minimum atomic E-state index is -4.49. The molecule has 19 heavy (non-hydrogen) atoms. The monoisotopic (exact) mass is 269 g/mol. The molecule has 0 aliphatic rings. The van der Waals surface area contributed by atoms with Gasteiger partial charge in [-0.3, -0.25) is 0 Å². The van der Waals surface area contributed by atoms with Gasteiger partial charge in [-0.15, -0.1) is 0 Å². The number of rotatable bonds is 2. The second-order valence-corrected chi connectivity index (χ2v) is 3.83. The normalized spacial score (nSPS) is 11.3. The third-order valence-corrected chi connectivity index (χ3v) is 2.37. The number of benzene rings is 1. The summed E-state index contributed by atoms with van der Waals surface area (Å²) in [6.07, 6.45) is -3.82. The summed E-state index contributed by atoms with van der Waals surface area (Å²) >= 11 is 0. The van der Waals surface area contributed by atoms with Crippen molar-refractivity contribution in [2.75, 3.05) is 11.1 Å². The van der Waals surface area contributed by atoms with Gasteiger partial charge in [0, 0.05) is 18.0 Å². The van der Waals surface area contributed by atoms with E-state index in [0.29, 0.717) is 11.9 Å². The van der Waals surface area contributed by atoms with E-state index in [1.54, 1.807) is 12.1 Å². The SMILES string of the molecule is Nc1ncc(C(F)(F)F)cc1Nc1cccc(O)c1. The van der Waals surface area contributed by atoms with Gasteiger partial charge in [0.25, 0.3) is 0 Å². The van der Waals surface area contributed by atoms with E-state index in [1.807, 2.05) is 0 Å². The number of aromatic hydroxyl groups is 1. The Balaban J connectivity index is 2.34. The summed E-state index contributed by atoms with van der Waals surface area (Å²) in [6, 6.07) is 6.80. The van der Waals surface area contributed by atoms with Gasteiger partial charge in [0.15, 0.2) is 0 Å². The number of nitrogen functional groups attached to an aromatic ring is 1. The summed E-state index contributed by atoms with van der Waals surface area (Å²) in [6.45, 7) is 0. The summed E-state index contributed by atoms with van der Waals surface area (Å²) < 4.78 is 37.7. The van der Waals surface area contributed by atoms with Crippen LogP contribution in [0.15, 0.2) is 36.5 Å². The smallest absolute Gasteiger partial charge is 0.417 e. The van der Waals surface area contributed by atoms with Gasteiger partial charge in [-0.25, -0.2) is 4.98 Å². The molecule has 2 aromatic rings. The van der Waals surface area contributed by atoms with Crippen LogP contribution in [0.4, 0.5) is 30.4 Å². The number of nitrogens with zero attached hydrogens (tertiary/aromatic N) is 1. The van der Waals surface area contributed by atoms with Crippen molar-refractivity contribution in [3.63, 3.8) is 0 Å². The molecular weight excluding hydrogens is 259 g/mol. The maximum Gasteiger partial charge on any atom is 0.417 e. The van der Waals surface area contributed by atoms with Crippen LogP contribution in [-0.2, 0) is 6.18 Å². The highest BCUT2D eigenvalue weighted by molar-refractivity contribution is 5.70. The van der Waals surface area contributed by atoms with Crippen molar-refractivity contribution in [3.05, 3.63) is 42.1 Å². The molecule has 0 saturated carbocycles. The lowest BCUT2D eigenvalue weighted by atomic mass is 10.2. The molecule has 0 saturated heterocycles. The Morgan fingerprint density at radius 3 is 2.58 bits per heavy atom. The van der Waals surface area contributed by atoms with Gasteiger partial charge in [-0.05, 0) is 18.2 Å². The molecule has 4 N–H and O–H groups in total. The lowest BCUT2D eigenvalue weighted by Gasteiger charge is -2.12. The Morgan fingerprint density at radius 2 is 1.95 bits per heavy atom. The zero-order chi connectivity index (χ0) is 14.0. The van der Waals surface area contributed by atoms with Gasteiger partial charge in [-0.1, -0.05) is 6.07 Å². The van der Waals surface area contributed by atoms with E-state index >= 15 is 0 Å². The molecule has 0 radical (unpaired) electrons. The first-order chi connectivity index (χ1) is 8.86. The van der Waals surface area contributed by atoms with E-state index in [-0.39, 0.29) is 17.3 Å². The van der Waals surface area contributed by atoms with Gasteiger partial charge >= 0.3 is 6.18 Å². The van der Waals surface area contributed by atoms with E-state index in [1.165, 1.54) is 12.1 Å². The first kappa shape index (κ1) is 13.0. The average Bonchev–Trinajstić information content (AvgIpc) is 2.30. The van der Waals surface area contributed by atoms with Crippen LogP contribution in [0.3, 0.4) is 0 Å². The number of hydrogen-bond donors (Lipinski definition) is 3. The van der Waals surface area contributed by atoms with Crippen molar-refractivity contribution in [1.82, 2.24) is 4.98 Å². The molecule has 1 heterocycles. The third-order valence-electron chi connectivity index (χ3n) is 2.37. The van der Waals surface area contributed by atoms with Gasteiger partial charge in [0.1, 0.15) is 11.6 Å². The highest BCUT2D eigenvalue weighted by Gasteiger charge is 2.31. The molecule has 1 aromatic carbocycles. The summed E-state index contributed by atoms with van der Waals surface area (Å²) in [5.74, 6) is -0.0696. The van der Waals surface area contributed by atoms with E-state index in [9.17, 15) is 18.3 Å². The first-order valence-electron chi connectivity index (χ1n) is 5.25. The minimum Gasteiger partial charge on any atom is -0.508 e. The fourth-order valence-corrected chi connectivity index (χ4v) is 1.47. The first-order valence-corrected chi connectivity index (χ1v) is 5.25. The van der Waals surface area contributed by atoms with Gasteiger partial charge in [-0.2, -0.15) is 13.2 Å². The van der Waals surface area contributed by atoms with Crippen molar-refractivity contribution < 1.29 is 18.3 Å². The predicted molar refractivity (Wildman–Crippen MR) is 65.0 cm³/mol. The molecule has 2 rings (SSSR count). The molecule has 0 aliphatic carbocycles. The number of nitrogens with one attached hydrogen (secondary N) is 1. The van der Waals surface area contributed by atoms with E-state index in [2.05, 4.69) is 10.3 Å². The zero-order valence-electron chi connectivity index (χ0n) is 9.57. The number of nitrogens with two attached hydrogens (primary N) is 1. The topological polar surface area (TPSA) is 71.2 Å². The minimum absolute atomic E-state index is 0.0106. The summed E-state index contributed by atoms with van der Waals surface area (Å²) in [7, 11) is 0. The maximum atomic E-state index is 12.6. The second-order valence-electron chi connectivity index (χ2n) is 3.83. The summed E-state index contributed by atoms with van der Waals surface area (Å²) in [5, 5.41) is 12.0. The fourth-order valence-electron chi connectivity index (χ4n) is 1.47. The molecule has 0 bridgehead atoms. The Morgan fingerprint density at radius 1 is 1.21 bits per heavy atom. The van der Waals surface area contributed by atoms with Crippen LogP contribution in [0, 0.1) is 0 Å². The Kier molecular flexibility index (Phi) is 3.20. The average molecular weight is 269 g/mol. The molecule has 7 heteroatoms. The largest absolute Gasteiger partial charge is 0.508 e. The van der Waals surface area contributed by atoms with Gasteiger partial charge < -0.3 is 16.2 Å². The van der Waals surface area contributed by atoms with Crippen LogP contribution in [-0.4, -0.2) is 10.1 Å². The van der Waals surface area contributed by atoms with E-state index in [4.69, 9.17) is 5.73 Å². The lowest BCUT2D eigenvalue weighted by molar-refractivity contribution is -0.137. The number of hydrogen-bond acceptors (Lipinski definition) is 4. The van der Waals surface area contributed by atoms with Crippen LogP contribution in [0.25, 0.3) is 0 Å². The molecule has 100 valence electrons. The number of anilines is 3. The highest BCUT2D eigenvalue weighted by atomic mass is 19.4. The molecule has 0 atom stereocenters. The molecular formula is C12H10F3N3O. The highest BCUT2D eigenvalue weighted by Crippen LogP contribution is 2.33. The third kappa shape index (κ3) is 3.06. The van der Waals surface area contributed by atoms with Crippen molar-refractivity contribution in [1.29, 1.82) is 0 Å². The molecule has 1 aromatic heterocycles. The van der Waals surface area contributed by atoms with Crippen molar-refractivity contribution >= 4 is 17.2 Å². The standard InChI is InChI=1S/C12H10F3N3O/c13-12(14,15)7-4-10(11(16)17-6-7)18-8-2-1-3-9(19)5-8/h1-6,18-19H,(H2,16,17). The maximum absolute atomic E-state index is 12.6. The fraction of sp³-hybridized carbons (Fsp3) is 0.0833. The number of alkyl halides is 3. The zero-order valence-corrected chi connectivity index (χ0v) is 9.57. The molecule has 0 spiro atoms. The van der Waals surface area contributed by atoms with Crippen LogP contribution in [0.2, 0.25) is 0 Å². The summed E-state index contributed by atoms with van der Waals surface area (Å²) in [4.78, 5) is 3.50. The van der Waals surface area contributed by atoms with Gasteiger partial charge in [0.2, 0.25) is 0 Å².